The maximum atomic E-state index is 13.1. The molecule has 3 saturated carbocycles. The number of halogens is 1. The Kier molecular flexibility index (Phi) is 8.68. The molecule has 0 aromatic heterocycles. The molecule has 0 saturated heterocycles. The average Bonchev–Trinajstić information content (AvgIpc) is 2.83. The van der Waals surface area contributed by atoms with Crippen LogP contribution in [0.15, 0.2) is 36.4 Å². The van der Waals surface area contributed by atoms with Crippen molar-refractivity contribution in [3.63, 3.8) is 0 Å². The molecule has 1 heteroatoms. The largest absolute Gasteiger partial charge is 0.207 e. The van der Waals surface area contributed by atoms with Gasteiger partial charge in [0.15, 0.2) is 0 Å². The number of benzene rings is 1. The van der Waals surface area contributed by atoms with E-state index in [1.54, 1.807) is 12.1 Å². The third kappa shape index (κ3) is 6.93. The highest BCUT2D eigenvalue weighted by Gasteiger charge is 2.30. The van der Waals surface area contributed by atoms with E-state index < -0.39 is 0 Å². The highest BCUT2D eigenvalue weighted by Crippen LogP contribution is 2.42. The second-order valence-electron chi connectivity index (χ2n) is 11.2. The van der Waals surface area contributed by atoms with Gasteiger partial charge in [-0.05, 0) is 130 Å². The Morgan fingerprint density at radius 3 is 1.71 bits per heavy atom. The molecule has 0 N–H and O–H groups in total. The van der Waals surface area contributed by atoms with Crippen LogP contribution in [0.2, 0.25) is 0 Å². The van der Waals surface area contributed by atoms with Crippen molar-refractivity contribution in [3.05, 3.63) is 47.8 Å². The van der Waals surface area contributed by atoms with Gasteiger partial charge in [0.1, 0.15) is 5.82 Å². The summed E-state index contributed by atoms with van der Waals surface area (Å²) in [6, 6.07) is 7.10. The first-order valence-electron chi connectivity index (χ1n) is 13.6. The molecule has 0 spiro atoms. The maximum Gasteiger partial charge on any atom is 0.123 e. The van der Waals surface area contributed by atoms with Crippen molar-refractivity contribution in [3.8, 4) is 0 Å². The Balaban J connectivity index is 1.11. The molecule has 3 aliphatic carbocycles. The topological polar surface area (TPSA) is 0 Å². The fourth-order valence-corrected chi connectivity index (χ4v) is 6.88. The fourth-order valence-electron chi connectivity index (χ4n) is 6.88. The average molecular weight is 425 g/mol. The summed E-state index contributed by atoms with van der Waals surface area (Å²) in [7, 11) is 0. The molecule has 172 valence electrons. The lowest BCUT2D eigenvalue weighted by Crippen LogP contribution is -2.25. The molecule has 0 bridgehead atoms. The predicted octanol–water partition coefficient (Wildman–Crippen LogP) is 9.14. The summed E-state index contributed by atoms with van der Waals surface area (Å²) < 4.78 is 13.1. The van der Waals surface area contributed by atoms with Crippen molar-refractivity contribution in [2.45, 2.75) is 103 Å². The third-order valence-electron chi connectivity index (χ3n) is 9.25. The molecular formula is C30H45F. The van der Waals surface area contributed by atoms with Crippen LogP contribution in [-0.2, 0) is 6.42 Å². The molecule has 31 heavy (non-hydrogen) atoms. The van der Waals surface area contributed by atoms with Crippen molar-refractivity contribution in [1.82, 2.24) is 0 Å². The number of hydrogen-bond acceptors (Lipinski definition) is 0. The van der Waals surface area contributed by atoms with Gasteiger partial charge in [0.05, 0.1) is 0 Å². The second-order valence-corrected chi connectivity index (χ2v) is 11.2. The molecule has 3 aliphatic rings. The summed E-state index contributed by atoms with van der Waals surface area (Å²) in [6.07, 6.45) is 26.4. The van der Waals surface area contributed by atoms with E-state index in [0.29, 0.717) is 0 Å². The Morgan fingerprint density at radius 1 is 0.677 bits per heavy atom. The van der Waals surface area contributed by atoms with Crippen LogP contribution in [-0.4, -0.2) is 0 Å². The normalized spacial score (nSPS) is 34.8. The van der Waals surface area contributed by atoms with Crippen LogP contribution >= 0.6 is 0 Å². The van der Waals surface area contributed by atoms with E-state index >= 15 is 0 Å². The Hall–Kier alpha value is -1.11. The van der Waals surface area contributed by atoms with Crippen molar-refractivity contribution in [2.24, 2.45) is 35.5 Å². The smallest absolute Gasteiger partial charge is 0.123 e. The predicted molar refractivity (Wildman–Crippen MR) is 130 cm³/mol. The van der Waals surface area contributed by atoms with E-state index in [0.717, 1.165) is 41.9 Å². The van der Waals surface area contributed by atoms with Crippen LogP contribution in [0.3, 0.4) is 0 Å². The van der Waals surface area contributed by atoms with Gasteiger partial charge in [-0.15, -0.1) is 0 Å². The van der Waals surface area contributed by atoms with Crippen molar-refractivity contribution < 1.29 is 4.39 Å². The third-order valence-corrected chi connectivity index (χ3v) is 9.25. The SMILES string of the molecule is CC[C@H]1CC[C@H](C2CCC(/C=C/[C@H]3CC[C@H](CCc4ccc(F)cc4)CC3)CC2)CC1. The van der Waals surface area contributed by atoms with Gasteiger partial charge in [0.25, 0.3) is 0 Å². The van der Waals surface area contributed by atoms with E-state index in [9.17, 15) is 4.39 Å². The summed E-state index contributed by atoms with van der Waals surface area (Å²) in [4.78, 5) is 0. The standard InChI is InChI=1S/C30H45F/c1-2-23-11-17-28(18-12-23)29-19-13-26(14-20-29)9-7-24-3-5-25(6-4-24)8-10-27-15-21-30(31)22-16-27/h7,9,15-16,21-26,28-29H,2-6,8,10-14,17-20H2,1H3/b9-7+/t23-,24-,25-,26?,28-,29?. The molecule has 1 aromatic rings. The van der Waals surface area contributed by atoms with Gasteiger partial charge >= 0.3 is 0 Å². The quantitative estimate of drug-likeness (QED) is 0.383. The number of allylic oxidation sites excluding steroid dienone is 2. The van der Waals surface area contributed by atoms with Crippen LogP contribution < -0.4 is 0 Å². The van der Waals surface area contributed by atoms with Gasteiger partial charge < -0.3 is 0 Å². The lowest BCUT2D eigenvalue weighted by atomic mass is 9.69. The van der Waals surface area contributed by atoms with Crippen molar-refractivity contribution >= 4 is 0 Å². The van der Waals surface area contributed by atoms with Crippen molar-refractivity contribution in [1.29, 1.82) is 0 Å². The Labute approximate surface area is 191 Å². The summed E-state index contributed by atoms with van der Waals surface area (Å²) in [5, 5.41) is 0. The minimum atomic E-state index is -0.122. The fraction of sp³-hybridized carbons (Fsp3) is 0.733. The van der Waals surface area contributed by atoms with E-state index in [2.05, 4.69) is 19.1 Å². The van der Waals surface area contributed by atoms with Crippen LogP contribution in [0.25, 0.3) is 0 Å². The minimum absolute atomic E-state index is 0.122. The zero-order valence-electron chi connectivity index (χ0n) is 19.9. The first kappa shape index (κ1) is 23.1. The molecule has 0 aliphatic heterocycles. The summed E-state index contributed by atoms with van der Waals surface area (Å²) in [5.41, 5.74) is 1.29. The molecular weight excluding hydrogens is 379 g/mol. The molecule has 3 fully saturated rings. The van der Waals surface area contributed by atoms with E-state index in [4.69, 9.17) is 0 Å². The zero-order valence-corrected chi connectivity index (χ0v) is 19.9. The molecule has 0 atom stereocenters. The lowest BCUT2D eigenvalue weighted by molar-refractivity contribution is 0.154. The van der Waals surface area contributed by atoms with Gasteiger partial charge in [0.2, 0.25) is 0 Å². The van der Waals surface area contributed by atoms with Crippen LogP contribution in [0.1, 0.15) is 102 Å². The molecule has 0 nitrogen and oxygen atoms in total. The molecule has 0 unspecified atom stereocenters. The summed E-state index contributed by atoms with van der Waals surface area (Å²) >= 11 is 0. The van der Waals surface area contributed by atoms with Gasteiger partial charge in [-0.2, -0.15) is 0 Å². The van der Waals surface area contributed by atoms with Gasteiger partial charge in [-0.3, -0.25) is 0 Å². The highest BCUT2D eigenvalue weighted by atomic mass is 19.1. The van der Waals surface area contributed by atoms with Gasteiger partial charge in [-0.1, -0.05) is 50.5 Å². The van der Waals surface area contributed by atoms with Crippen molar-refractivity contribution in [2.75, 3.05) is 0 Å². The highest BCUT2D eigenvalue weighted by molar-refractivity contribution is 5.16. The molecule has 0 radical (unpaired) electrons. The summed E-state index contributed by atoms with van der Waals surface area (Å²) in [5.74, 6) is 5.56. The summed E-state index contributed by atoms with van der Waals surface area (Å²) in [6.45, 7) is 2.38. The molecule has 0 amide bonds. The molecule has 0 heterocycles. The zero-order chi connectivity index (χ0) is 21.5. The Morgan fingerprint density at radius 2 is 1.16 bits per heavy atom. The lowest BCUT2D eigenvalue weighted by Gasteiger charge is -2.37. The monoisotopic (exact) mass is 424 g/mol. The van der Waals surface area contributed by atoms with Crippen LogP contribution in [0.4, 0.5) is 4.39 Å². The van der Waals surface area contributed by atoms with Gasteiger partial charge in [0, 0.05) is 0 Å². The Bertz CT molecular complexity index is 650. The van der Waals surface area contributed by atoms with E-state index in [1.807, 2.05) is 12.1 Å². The van der Waals surface area contributed by atoms with E-state index in [-0.39, 0.29) is 5.82 Å². The number of hydrogen-bond donors (Lipinski definition) is 0. The first-order valence-corrected chi connectivity index (χ1v) is 13.6. The number of aryl methyl sites for hydroxylation is 1. The maximum absolute atomic E-state index is 13.1. The van der Waals surface area contributed by atoms with Gasteiger partial charge in [-0.25, -0.2) is 4.39 Å². The molecule has 1 aromatic carbocycles. The van der Waals surface area contributed by atoms with Crippen LogP contribution in [0, 0.1) is 41.3 Å². The minimum Gasteiger partial charge on any atom is -0.207 e. The molecule has 4 rings (SSSR count). The first-order chi connectivity index (χ1) is 15.2. The van der Waals surface area contributed by atoms with Crippen LogP contribution in [0.5, 0.6) is 0 Å². The second kappa shape index (κ2) is 11.7. The number of rotatable bonds is 7. The van der Waals surface area contributed by atoms with E-state index in [1.165, 1.54) is 95.5 Å².